The SMILES string of the molecule is O=S(=O)(NCC1OCC(NCc2ccccc2O)C1O)c1ccccc1. The Kier molecular flexibility index (Phi) is 5.90. The summed E-state index contributed by atoms with van der Waals surface area (Å²) in [6.45, 7) is 0.611. The standard InChI is InChI=1S/C18H22N2O5S/c21-16-9-5-4-6-13(16)10-19-15-12-25-17(18(15)22)11-20-26(23,24)14-7-2-1-3-8-14/h1-9,15,17-22H,10-12H2. The quantitative estimate of drug-likeness (QED) is 0.562. The molecule has 0 aliphatic carbocycles. The lowest BCUT2D eigenvalue weighted by Gasteiger charge is -2.19. The van der Waals surface area contributed by atoms with Crippen molar-refractivity contribution in [1.82, 2.24) is 10.0 Å². The Hall–Kier alpha value is -1.97. The second-order valence-electron chi connectivity index (χ2n) is 6.14. The van der Waals surface area contributed by atoms with Crippen LogP contribution in [0.1, 0.15) is 5.56 Å². The average molecular weight is 378 g/mol. The van der Waals surface area contributed by atoms with Crippen molar-refractivity contribution in [3.63, 3.8) is 0 Å². The fourth-order valence-electron chi connectivity index (χ4n) is 2.82. The van der Waals surface area contributed by atoms with Crippen LogP contribution in [0.2, 0.25) is 0 Å². The summed E-state index contributed by atoms with van der Waals surface area (Å²) in [5.41, 5.74) is 0.716. The molecule has 0 radical (unpaired) electrons. The molecule has 0 spiro atoms. The summed E-state index contributed by atoms with van der Waals surface area (Å²) < 4.78 is 32.5. The minimum atomic E-state index is -3.64. The number of sulfonamides is 1. The van der Waals surface area contributed by atoms with E-state index in [1.165, 1.54) is 12.1 Å². The largest absolute Gasteiger partial charge is 0.508 e. The molecule has 4 N–H and O–H groups in total. The summed E-state index contributed by atoms with van der Waals surface area (Å²) in [6, 6.07) is 14.6. The van der Waals surface area contributed by atoms with E-state index in [4.69, 9.17) is 4.74 Å². The molecule has 0 bridgehead atoms. The number of phenolic OH excluding ortho intramolecular Hbond substituents is 1. The van der Waals surface area contributed by atoms with Crippen molar-refractivity contribution in [3.05, 3.63) is 60.2 Å². The van der Waals surface area contributed by atoms with E-state index in [1.54, 1.807) is 36.4 Å². The molecule has 8 heteroatoms. The van der Waals surface area contributed by atoms with Gasteiger partial charge in [-0.2, -0.15) is 0 Å². The number of aromatic hydroxyl groups is 1. The van der Waals surface area contributed by atoms with Crippen LogP contribution < -0.4 is 10.0 Å². The molecular weight excluding hydrogens is 356 g/mol. The number of phenols is 1. The first-order valence-corrected chi connectivity index (χ1v) is 9.80. The Morgan fingerprint density at radius 3 is 2.50 bits per heavy atom. The van der Waals surface area contributed by atoms with Gasteiger partial charge in [-0.05, 0) is 18.2 Å². The number of aliphatic hydroxyl groups excluding tert-OH is 1. The van der Waals surface area contributed by atoms with Gasteiger partial charge >= 0.3 is 0 Å². The van der Waals surface area contributed by atoms with Crippen LogP contribution in [0.25, 0.3) is 0 Å². The summed E-state index contributed by atoms with van der Waals surface area (Å²) in [7, 11) is -3.64. The summed E-state index contributed by atoms with van der Waals surface area (Å²) >= 11 is 0. The zero-order valence-corrected chi connectivity index (χ0v) is 14.9. The molecule has 140 valence electrons. The summed E-state index contributed by atoms with van der Waals surface area (Å²) in [5.74, 6) is 0.181. The number of hydrogen-bond acceptors (Lipinski definition) is 6. The maximum Gasteiger partial charge on any atom is 0.240 e. The van der Waals surface area contributed by atoms with E-state index in [1.807, 2.05) is 6.07 Å². The lowest BCUT2D eigenvalue weighted by atomic mass is 10.1. The molecule has 1 aliphatic rings. The predicted molar refractivity (Wildman–Crippen MR) is 96.1 cm³/mol. The van der Waals surface area contributed by atoms with Gasteiger partial charge in [0.05, 0.1) is 29.8 Å². The third-order valence-corrected chi connectivity index (χ3v) is 5.80. The van der Waals surface area contributed by atoms with Gasteiger partial charge < -0.3 is 20.3 Å². The van der Waals surface area contributed by atoms with E-state index in [9.17, 15) is 18.6 Å². The predicted octanol–water partition coefficient (Wildman–Crippen LogP) is 0.589. The lowest BCUT2D eigenvalue weighted by Crippen LogP contribution is -2.44. The van der Waals surface area contributed by atoms with Crippen LogP contribution in [0.4, 0.5) is 0 Å². The van der Waals surface area contributed by atoms with Gasteiger partial charge in [-0.25, -0.2) is 13.1 Å². The Morgan fingerprint density at radius 2 is 1.77 bits per heavy atom. The number of para-hydroxylation sites is 1. The highest BCUT2D eigenvalue weighted by Gasteiger charge is 2.36. The zero-order chi connectivity index (χ0) is 18.6. The first kappa shape index (κ1) is 18.8. The van der Waals surface area contributed by atoms with E-state index >= 15 is 0 Å². The molecule has 3 unspecified atom stereocenters. The van der Waals surface area contributed by atoms with Crippen molar-refractivity contribution in [3.8, 4) is 5.75 Å². The molecule has 26 heavy (non-hydrogen) atoms. The van der Waals surface area contributed by atoms with Gasteiger partial charge in [0.1, 0.15) is 5.75 Å². The number of ether oxygens (including phenoxy) is 1. The smallest absolute Gasteiger partial charge is 0.240 e. The Balaban J connectivity index is 1.53. The van der Waals surface area contributed by atoms with Gasteiger partial charge in [-0.3, -0.25) is 0 Å². The Morgan fingerprint density at radius 1 is 1.08 bits per heavy atom. The molecular formula is C18H22N2O5S. The summed E-state index contributed by atoms with van der Waals surface area (Å²) in [5, 5.41) is 23.3. The van der Waals surface area contributed by atoms with Gasteiger partial charge in [0, 0.05) is 18.7 Å². The van der Waals surface area contributed by atoms with Crippen LogP contribution in [-0.4, -0.2) is 50.0 Å². The molecule has 0 aromatic heterocycles. The second-order valence-corrected chi connectivity index (χ2v) is 7.91. The van der Waals surface area contributed by atoms with Gasteiger partial charge in [-0.15, -0.1) is 0 Å². The van der Waals surface area contributed by atoms with E-state index in [-0.39, 0.29) is 29.8 Å². The summed E-state index contributed by atoms with van der Waals surface area (Å²) in [6.07, 6.45) is -1.50. The van der Waals surface area contributed by atoms with E-state index in [2.05, 4.69) is 10.0 Å². The summed E-state index contributed by atoms with van der Waals surface area (Å²) in [4.78, 5) is 0.168. The van der Waals surface area contributed by atoms with E-state index in [0.717, 1.165) is 0 Å². The third-order valence-electron chi connectivity index (χ3n) is 4.36. The molecule has 2 aromatic carbocycles. The third kappa shape index (κ3) is 4.40. The van der Waals surface area contributed by atoms with Crippen LogP contribution in [0.3, 0.4) is 0 Å². The lowest BCUT2D eigenvalue weighted by molar-refractivity contribution is 0.0443. The van der Waals surface area contributed by atoms with Crippen LogP contribution >= 0.6 is 0 Å². The van der Waals surface area contributed by atoms with Crippen molar-refractivity contribution in [2.24, 2.45) is 0 Å². The molecule has 0 amide bonds. The molecule has 1 heterocycles. The molecule has 1 aliphatic heterocycles. The Labute approximate surface area is 152 Å². The highest BCUT2D eigenvalue weighted by molar-refractivity contribution is 7.89. The van der Waals surface area contributed by atoms with Crippen LogP contribution in [0.5, 0.6) is 5.75 Å². The average Bonchev–Trinajstić information content (AvgIpc) is 3.00. The van der Waals surface area contributed by atoms with Crippen molar-refractivity contribution in [2.75, 3.05) is 13.2 Å². The molecule has 1 fully saturated rings. The molecule has 7 nitrogen and oxygen atoms in total. The number of nitrogens with one attached hydrogen (secondary N) is 2. The van der Waals surface area contributed by atoms with Crippen molar-refractivity contribution < 1.29 is 23.4 Å². The molecule has 3 rings (SSSR count). The zero-order valence-electron chi connectivity index (χ0n) is 14.1. The van der Waals surface area contributed by atoms with Crippen LogP contribution in [0.15, 0.2) is 59.5 Å². The highest BCUT2D eigenvalue weighted by Crippen LogP contribution is 2.18. The fraction of sp³-hybridized carbons (Fsp3) is 0.333. The van der Waals surface area contributed by atoms with Crippen molar-refractivity contribution in [2.45, 2.75) is 29.7 Å². The second kappa shape index (κ2) is 8.15. The van der Waals surface area contributed by atoms with Gasteiger partial charge in [-0.1, -0.05) is 36.4 Å². The number of rotatable bonds is 7. The van der Waals surface area contributed by atoms with E-state index in [0.29, 0.717) is 12.1 Å². The minimum absolute atomic E-state index is 0.0207. The maximum atomic E-state index is 12.2. The van der Waals surface area contributed by atoms with Gasteiger partial charge in [0.15, 0.2) is 0 Å². The van der Waals surface area contributed by atoms with Crippen molar-refractivity contribution in [1.29, 1.82) is 0 Å². The molecule has 0 saturated carbocycles. The maximum absolute atomic E-state index is 12.2. The minimum Gasteiger partial charge on any atom is -0.508 e. The Bertz CT molecular complexity index is 828. The highest BCUT2D eigenvalue weighted by atomic mass is 32.2. The molecule has 1 saturated heterocycles. The molecule has 2 aromatic rings. The first-order valence-electron chi connectivity index (χ1n) is 8.32. The topological polar surface area (TPSA) is 108 Å². The van der Waals surface area contributed by atoms with Gasteiger partial charge in [0.25, 0.3) is 0 Å². The number of aliphatic hydroxyl groups is 1. The van der Waals surface area contributed by atoms with Gasteiger partial charge in [0.2, 0.25) is 10.0 Å². The fourth-order valence-corrected chi connectivity index (χ4v) is 3.88. The van der Waals surface area contributed by atoms with E-state index < -0.39 is 22.2 Å². The number of hydrogen-bond donors (Lipinski definition) is 4. The van der Waals surface area contributed by atoms with Crippen LogP contribution in [0, 0.1) is 0 Å². The normalized spacial score (nSPS) is 23.2. The monoisotopic (exact) mass is 378 g/mol. The number of benzene rings is 2. The van der Waals surface area contributed by atoms with Crippen LogP contribution in [-0.2, 0) is 21.3 Å². The molecule has 3 atom stereocenters. The van der Waals surface area contributed by atoms with Crippen molar-refractivity contribution >= 4 is 10.0 Å². The first-order chi connectivity index (χ1) is 12.5.